The number of amides is 1. The molecule has 0 spiro atoms. The van der Waals surface area contributed by atoms with Crippen molar-refractivity contribution in [2.45, 2.75) is 12.8 Å². The van der Waals surface area contributed by atoms with Crippen molar-refractivity contribution >= 4 is 50.4 Å². The van der Waals surface area contributed by atoms with Crippen LogP contribution in [0.5, 0.6) is 5.75 Å². The van der Waals surface area contributed by atoms with Crippen LogP contribution in [0.2, 0.25) is 0 Å². The zero-order chi connectivity index (χ0) is 26.4. The van der Waals surface area contributed by atoms with Crippen LogP contribution < -0.4 is 20.9 Å². The molecule has 0 saturated carbocycles. The van der Waals surface area contributed by atoms with E-state index in [-0.39, 0.29) is 17.0 Å². The van der Waals surface area contributed by atoms with E-state index in [1.54, 1.807) is 36.5 Å². The maximum atomic E-state index is 12.9. The zero-order valence-corrected chi connectivity index (χ0v) is 22.1. The summed E-state index contributed by atoms with van der Waals surface area (Å²) in [6.07, 6.45) is 1.95. The van der Waals surface area contributed by atoms with Gasteiger partial charge in [-0.15, -0.1) is 0 Å². The molecule has 1 unspecified atom stereocenters. The number of aliphatic hydroxyl groups excluding tert-OH is 1. The third-order valence-corrected chi connectivity index (χ3v) is 7.29. The predicted molar refractivity (Wildman–Crippen MR) is 144 cm³/mol. The summed E-state index contributed by atoms with van der Waals surface area (Å²) >= 11 is 4.70. The first-order valence-electron chi connectivity index (χ1n) is 11.5. The minimum Gasteiger partial charge on any atom is -0.508 e. The van der Waals surface area contributed by atoms with Crippen molar-refractivity contribution in [1.29, 1.82) is 0 Å². The van der Waals surface area contributed by atoms with Gasteiger partial charge in [-0.25, -0.2) is 9.78 Å². The molecule has 2 heterocycles. The van der Waals surface area contributed by atoms with Crippen LogP contribution in [-0.2, 0) is 11.3 Å². The summed E-state index contributed by atoms with van der Waals surface area (Å²) in [5.74, 6) is -1.75. The molecule has 3 aromatic rings. The Hall–Kier alpha value is -3.29. The Morgan fingerprint density at radius 2 is 2.00 bits per heavy atom. The van der Waals surface area contributed by atoms with Gasteiger partial charge in [-0.2, -0.15) is 0 Å². The van der Waals surface area contributed by atoms with Crippen LogP contribution in [0, 0.1) is 0 Å². The van der Waals surface area contributed by atoms with Crippen molar-refractivity contribution in [2.24, 2.45) is 0 Å². The quantitative estimate of drug-likeness (QED) is 0.164. The van der Waals surface area contributed by atoms with Crippen LogP contribution in [0.3, 0.4) is 0 Å². The van der Waals surface area contributed by atoms with Crippen LogP contribution in [0.25, 0.3) is 6.08 Å². The Kier molecular flexibility index (Phi) is 8.90. The lowest BCUT2D eigenvalue weighted by Gasteiger charge is -2.26. The van der Waals surface area contributed by atoms with Gasteiger partial charge in [0, 0.05) is 43.4 Å². The minimum atomic E-state index is -1.27. The zero-order valence-electron chi connectivity index (χ0n) is 19.6. The monoisotopic (exact) mass is 587 g/mol. The lowest BCUT2D eigenvalue weighted by atomic mass is 10.1. The van der Waals surface area contributed by atoms with Gasteiger partial charge < -0.3 is 30.9 Å². The van der Waals surface area contributed by atoms with E-state index < -0.39 is 18.1 Å². The van der Waals surface area contributed by atoms with E-state index in [2.05, 4.69) is 41.8 Å². The summed E-state index contributed by atoms with van der Waals surface area (Å²) in [6, 6.07) is 11.3. The number of aliphatic hydroxyl groups is 1. The summed E-state index contributed by atoms with van der Waals surface area (Å²) in [5.41, 5.74) is 1.23. The number of carbonyl (C=O) groups excluding carboxylic acids is 1. The number of nitrogens with zero attached hydrogens (tertiary/aromatic N) is 2. The third kappa shape index (κ3) is 7.14. The molecule has 194 valence electrons. The van der Waals surface area contributed by atoms with E-state index in [1.165, 1.54) is 23.5 Å². The van der Waals surface area contributed by atoms with E-state index in [0.29, 0.717) is 21.5 Å². The Morgan fingerprint density at radius 3 is 2.70 bits per heavy atom. The van der Waals surface area contributed by atoms with Crippen molar-refractivity contribution in [1.82, 2.24) is 20.9 Å². The van der Waals surface area contributed by atoms with Crippen molar-refractivity contribution in [3.8, 4) is 5.75 Å². The van der Waals surface area contributed by atoms with Crippen LogP contribution in [-0.4, -0.2) is 58.4 Å². The van der Waals surface area contributed by atoms with E-state index in [0.717, 1.165) is 36.9 Å². The molecule has 6 N–H and O–H groups in total. The van der Waals surface area contributed by atoms with Gasteiger partial charge in [-0.05, 0) is 57.4 Å². The third-order valence-electron chi connectivity index (χ3n) is 5.63. The normalized spacial score (nSPS) is 14.9. The largest absolute Gasteiger partial charge is 0.508 e. The number of hydrogen-bond acceptors (Lipinski definition) is 9. The number of halogens is 1. The molecule has 0 aliphatic carbocycles. The number of phenolic OH excluding ortho intramolecular Hbond substituents is 1. The molecule has 1 atom stereocenters. The first-order chi connectivity index (χ1) is 17.8. The fourth-order valence-corrected chi connectivity index (χ4v) is 5.20. The molecule has 10 nitrogen and oxygen atoms in total. The maximum Gasteiger partial charge on any atom is 0.352 e. The molecule has 2 aromatic carbocycles. The van der Waals surface area contributed by atoms with Gasteiger partial charge >= 0.3 is 5.97 Å². The number of carboxylic acids is 1. The Morgan fingerprint density at radius 1 is 1.22 bits per heavy atom. The van der Waals surface area contributed by atoms with E-state index >= 15 is 0 Å². The SMILES string of the molecule is O=C(O)C(=Cc1cnc(N2CCNCC2)s1)NC(=O)c1ccc(C(O)NCc2cccc(O)c2)cc1Br. The number of hydrogen-bond donors (Lipinski definition) is 6. The molecule has 1 saturated heterocycles. The Balaban J connectivity index is 1.42. The number of anilines is 1. The lowest BCUT2D eigenvalue weighted by Crippen LogP contribution is -2.43. The van der Waals surface area contributed by atoms with Crippen LogP contribution >= 0.6 is 27.3 Å². The number of aliphatic carboxylic acids is 1. The number of carboxylic acid groups (broad SMARTS) is 1. The van der Waals surface area contributed by atoms with Gasteiger partial charge in [-0.3, -0.25) is 10.1 Å². The van der Waals surface area contributed by atoms with Gasteiger partial charge in [0.1, 0.15) is 17.7 Å². The molecule has 4 rings (SSSR count). The fourth-order valence-electron chi connectivity index (χ4n) is 3.71. The lowest BCUT2D eigenvalue weighted by molar-refractivity contribution is -0.132. The summed E-state index contributed by atoms with van der Waals surface area (Å²) in [5, 5.41) is 39.2. The highest BCUT2D eigenvalue weighted by atomic mass is 79.9. The predicted octanol–water partition coefficient (Wildman–Crippen LogP) is 2.66. The number of phenols is 1. The standard InChI is InChI=1S/C25H26BrN5O5S/c26-20-11-16(22(33)28-13-15-2-1-3-17(32)10-15)4-5-19(20)23(34)30-21(24(35)36)12-18-14-29-25(37-18)31-8-6-27-7-9-31/h1-5,10-12,14,22,27-28,32-33H,6-9,13H2,(H,30,34)(H,35,36). The highest BCUT2D eigenvalue weighted by Gasteiger charge is 2.19. The Labute approximate surface area is 225 Å². The van der Waals surface area contributed by atoms with Crippen LogP contribution in [0.4, 0.5) is 5.13 Å². The number of aromatic hydroxyl groups is 1. The van der Waals surface area contributed by atoms with Crippen molar-refractivity contribution in [2.75, 3.05) is 31.1 Å². The fraction of sp³-hybridized carbons (Fsp3) is 0.240. The molecule has 37 heavy (non-hydrogen) atoms. The van der Waals surface area contributed by atoms with E-state index in [4.69, 9.17) is 0 Å². The average Bonchev–Trinajstić information content (AvgIpc) is 3.36. The van der Waals surface area contributed by atoms with Gasteiger partial charge in [0.05, 0.1) is 10.4 Å². The average molecular weight is 588 g/mol. The molecule has 1 aromatic heterocycles. The highest BCUT2D eigenvalue weighted by Crippen LogP contribution is 2.25. The number of carbonyl (C=O) groups is 2. The molecular formula is C25H26BrN5O5S. The van der Waals surface area contributed by atoms with Crippen LogP contribution in [0.1, 0.15) is 32.6 Å². The number of nitrogens with one attached hydrogen (secondary N) is 3. The number of rotatable bonds is 9. The van der Waals surface area contributed by atoms with Gasteiger partial charge in [0.15, 0.2) is 5.13 Å². The van der Waals surface area contributed by atoms with Crippen LogP contribution in [0.15, 0.2) is 58.8 Å². The molecule has 0 radical (unpaired) electrons. The summed E-state index contributed by atoms with van der Waals surface area (Å²) < 4.78 is 0.393. The molecule has 1 aliphatic heterocycles. The Bertz CT molecular complexity index is 1310. The second-order valence-corrected chi connectivity index (χ2v) is 10.2. The number of aromatic nitrogens is 1. The van der Waals surface area contributed by atoms with Gasteiger partial charge in [0.2, 0.25) is 0 Å². The topological polar surface area (TPSA) is 147 Å². The second-order valence-electron chi connectivity index (χ2n) is 8.29. The molecule has 1 amide bonds. The molecule has 1 fully saturated rings. The molecular weight excluding hydrogens is 562 g/mol. The van der Waals surface area contributed by atoms with Gasteiger partial charge in [-0.1, -0.05) is 29.5 Å². The highest BCUT2D eigenvalue weighted by molar-refractivity contribution is 9.10. The minimum absolute atomic E-state index is 0.136. The van der Waals surface area contributed by atoms with E-state index in [9.17, 15) is 24.9 Å². The van der Waals surface area contributed by atoms with Crippen molar-refractivity contribution in [3.63, 3.8) is 0 Å². The van der Waals surface area contributed by atoms with Crippen molar-refractivity contribution in [3.05, 3.63) is 80.4 Å². The summed E-state index contributed by atoms with van der Waals surface area (Å²) in [4.78, 5) is 31.8. The smallest absolute Gasteiger partial charge is 0.352 e. The van der Waals surface area contributed by atoms with Gasteiger partial charge in [0.25, 0.3) is 5.91 Å². The number of piperazine rings is 1. The first kappa shape index (κ1) is 26.8. The second kappa shape index (κ2) is 12.3. The summed E-state index contributed by atoms with van der Waals surface area (Å²) in [7, 11) is 0. The molecule has 0 bridgehead atoms. The number of benzene rings is 2. The van der Waals surface area contributed by atoms with Crippen molar-refractivity contribution < 1.29 is 24.9 Å². The van der Waals surface area contributed by atoms with E-state index in [1.807, 2.05) is 6.07 Å². The summed E-state index contributed by atoms with van der Waals surface area (Å²) in [6.45, 7) is 3.68. The maximum absolute atomic E-state index is 12.9. The number of thiazole rings is 1. The molecule has 1 aliphatic rings. The molecule has 12 heteroatoms. The first-order valence-corrected chi connectivity index (χ1v) is 13.1.